The molecule has 1 fully saturated rings. The fourth-order valence-corrected chi connectivity index (χ4v) is 3.30. The summed E-state index contributed by atoms with van der Waals surface area (Å²) in [5.74, 6) is -1.88. The predicted molar refractivity (Wildman–Crippen MR) is 102 cm³/mol. The van der Waals surface area contributed by atoms with E-state index >= 15 is 0 Å². The molecule has 2 aromatic rings. The molecule has 1 aliphatic heterocycles. The van der Waals surface area contributed by atoms with Crippen molar-refractivity contribution in [3.8, 4) is 5.75 Å². The average molecular weight is 370 g/mol. The zero-order chi connectivity index (χ0) is 19.6. The standard InChI is InChI=1S/C21H23FN2O3/c1-21(2,16-11-15(13-25)19(26)18(22)12-16)23-20(27)14-5-7-17(8-6-14)24-9-3-4-10-24/h5-8,11-13,26H,3-4,9-10H2,1-2H3,(H,23,27). The molecule has 1 saturated heterocycles. The molecule has 0 bridgehead atoms. The van der Waals surface area contributed by atoms with E-state index in [2.05, 4.69) is 10.2 Å². The third kappa shape index (κ3) is 3.94. The number of rotatable bonds is 5. The van der Waals surface area contributed by atoms with Gasteiger partial charge in [0.2, 0.25) is 0 Å². The normalized spacial score (nSPS) is 14.3. The van der Waals surface area contributed by atoms with Gasteiger partial charge in [0.15, 0.2) is 17.9 Å². The maximum absolute atomic E-state index is 13.9. The molecule has 0 aliphatic carbocycles. The second-order valence-corrected chi connectivity index (χ2v) is 7.33. The lowest BCUT2D eigenvalue weighted by molar-refractivity contribution is 0.0912. The van der Waals surface area contributed by atoms with Crippen LogP contribution in [-0.4, -0.2) is 30.4 Å². The van der Waals surface area contributed by atoms with Crippen molar-refractivity contribution in [1.29, 1.82) is 0 Å². The van der Waals surface area contributed by atoms with E-state index in [0.717, 1.165) is 24.8 Å². The number of phenolic OH excluding ortho intramolecular Hbond substituents is 1. The van der Waals surface area contributed by atoms with Crippen LogP contribution >= 0.6 is 0 Å². The number of anilines is 1. The average Bonchev–Trinajstić information content (AvgIpc) is 3.18. The number of carbonyl (C=O) groups excluding carboxylic acids is 2. The summed E-state index contributed by atoms with van der Waals surface area (Å²) in [6, 6.07) is 9.90. The molecule has 1 heterocycles. The molecule has 2 aromatic carbocycles. The fourth-order valence-electron chi connectivity index (χ4n) is 3.30. The van der Waals surface area contributed by atoms with Gasteiger partial charge in [-0.1, -0.05) is 0 Å². The van der Waals surface area contributed by atoms with Gasteiger partial charge in [0.25, 0.3) is 5.91 Å². The van der Waals surface area contributed by atoms with Gasteiger partial charge in [-0.2, -0.15) is 0 Å². The van der Waals surface area contributed by atoms with Crippen LogP contribution < -0.4 is 10.2 Å². The van der Waals surface area contributed by atoms with Crippen molar-refractivity contribution < 1.29 is 19.1 Å². The number of halogens is 1. The SMILES string of the molecule is CC(C)(NC(=O)c1ccc(N2CCCC2)cc1)c1cc(F)c(O)c(C=O)c1. The Morgan fingerprint density at radius 1 is 1.19 bits per heavy atom. The summed E-state index contributed by atoms with van der Waals surface area (Å²) in [5, 5.41) is 12.4. The van der Waals surface area contributed by atoms with Crippen molar-refractivity contribution in [1.82, 2.24) is 5.32 Å². The van der Waals surface area contributed by atoms with E-state index in [4.69, 9.17) is 0 Å². The van der Waals surface area contributed by atoms with Gasteiger partial charge >= 0.3 is 0 Å². The van der Waals surface area contributed by atoms with Crippen molar-refractivity contribution in [2.24, 2.45) is 0 Å². The summed E-state index contributed by atoms with van der Waals surface area (Å²) in [6.07, 6.45) is 2.75. The minimum absolute atomic E-state index is 0.151. The first-order valence-corrected chi connectivity index (χ1v) is 8.97. The van der Waals surface area contributed by atoms with E-state index in [0.29, 0.717) is 17.4 Å². The van der Waals surface area contributed by atoms with Gasteiger partial charge in [-0.3, -0.25) is 9.59 Å². The highest BCUT2D eigenvalue weighted by Gasteiger charge is 2.26. The molecule has 0 unspecified atom stereocenters. The summed E-state index contributed by atoms with van der Waals surface area (Å²) >= 11 is 0. The van der Waals surface area contributed by atoms with Crippen LogP contribution in [0.5, 0.6) is 5.75 Å². The molecule has 3 rings (SSSR count). The number of phenols is 1. The number of carbonyl (C=O) groups is 2. The first kappa shape index (κ1) is 18.9. The van der Waals surface area contributed by atoms with Crippen LogP contribution in [0.4, 0.5) is 10.1 Å². The van der Waals surface area contributed by atoms with Gasteiger partial charge in [0.1, 0.15) is 0 Å². The van der Waals surface area contributed by atoms with Gasteiger partial charge in [0, 0.05) is 24.3 Å². The quantitative estimate of drug-likeness (QED) is 0.789. The lowest BCUT2D eigenvalue weighted by Gasteiger charge is -2.27. The monoisotopic (exact) mass is 370 g/mol. The van der Waals surface area contributed by atoms with E-state index in [1.54, 1.807) is 26.0 Å². The first-order valence-electron chi connectivity index (χ1n) is 8.97. The third-order valence-corrected chi connectivity index (χ3v) is 4.97. The molecule has 0 radical (unpaired) electrons. The molecule has 27 heavy (non-hydrogen) atoms. The molecule has 1 amide bonds. The van der Waals surface area contributed by atoms with Crippen LogP contribution in [0.1, 0.15) is 53.0 Å². The van der Waals surface area contributed by atoms with Gasteiger partial charge in [-0.25, -0.2) is 4.39 Å². The second kappa shape index (κ2) is 7.39. The van der Waals surface area contributed by atoms with Gasteiger partial charge in [-0.05, 0) is 68.7 Å². The van der Waals surface area contributed by atoms with E-state index in [1.165, 1.54) is 18.9 Å². The van der Waals surface area contributed by atoms with Crippen LogP contribution in [0.15, 0.2) is 36.4 Å². The molecule has 1 aliphatic rings. The van der Waals surface area contributed by atoms with Crippen molar-refractivity contribution >= 4 is 17.9 Å². The van der Waals surface area contributed by atoms with Crippen LogP contribution in [-0.2, 0) is 5.54 Å². The Kier molecular flexibility index (Phi) is 5.17. The summed E-state index contributed by atoms with van der Waals surface area (Å²) in [5.41, 5.74) is 0.904. The Bertz CT molecular complexity index is 856. The molecule has 0 atom stereocenters. The Labute approximate surface area is 157 Å². The Hall–Kier alpha value is -2.89. The minimum Gasteiger partial charge on any atom is -0.504 e. The van der Waals surface area contributed by atoms with E-state index in [9.17, 15) is 19.1 Å². The zero-order valence-corrected chi connectivity index (χ0v) is 15.5. The second-order valence-electron chi connectivity index (χ2n) is 7.33. The third-order valence-electron chi connectivity index (χ3n) is 4.97. The number of benzene rings is 2. The number of aromatic hydroxyl groups is 1. The van der Waals surface area contributed by atoms with Crippen LogP contribution in [0.2, 0.25) is 0 Å². The Morgan fingerprint density at radius 3 is 2.41 bits per heavy atom. The molecule has 5 nitrogen and oxygen atoms in total. The summed E-state index contributed by atoms with van der Waals surface area (Å²) in [6.45, 7) is 5.49. The molecular formula is C21H23FN2O3. The number of hydrogen-bond acceptors (Lipinski definition) is 4. The smallest absolute Gasteiger partial charge is 0.251 e. The summed E-state index contributed by atoms with van der Waals surface area (Å²) in [4.78, 5) is 25.9. The maximum Gasteiger partial charge on any atom is 0.251 e. The van der Waals surface area contributed by atoms with E-state index in [1.807, 2.05) is 12.1 Å². The lowest BCUT2D eigenvalue weighted by atomic mass is 9.92. The molecule has 6 heteroatoms. The highest BCUT2D eigenvalue weighted by molar-refractivity contribution is 5.95. The molecule has 0 spiro atoms. The van der Waals surface area contributed by atoms with Crippen molar-refractivity contribution in [3.63, 3.8) is 0 Å². The summed E-state index contributed by atoms with van der Waals surface area (Å²) < 4.78 is 13.9. The predicted octanol–water partition coefficient (Wildman–Crippen LogP) is 3.61. The molecular weight excluding hydrogens is 347 g/mol. The highest BCUT2D eigenvalue weighted by atomic mass is 19.1. The van der Waals surface area contributed by atoms with Crippen molar-refractivity contribution in [2.45, 2.75) is 32.2 Å². The van der Waals surface area contributed by atoms with E-state index < -0.39 is 17.1 Å². The minimum atomic E-state index is -0.934. The Balaban J connectivity index is 1.78. The van der Waals surface area contributed by atoms with Gasteiger partial charge < -0.3 is 15.3 Å². The van der Waals surface area contributed by atoms with Crippen molar-refractivity contribution in [3.05, 3.63) is 58.9 Å². The molecule has 2 N–H and O–H groups in total. The van der Waals surface area contributed by atoms with Crippen LogP contribution in [0.25, 0.3) is 0 Å². The summed E-state index contributed by atoms with van der Waals surface area (Å²) in [7, 11) is 0. The number of hydrogen-bond donors (Lipinski definition) is 2. The molecule has 0 saturated carbocycles. The lowest BCUT2D eigenvalue weighted by Crippen LogP contribution is -2.41. The van der Waals surface area contributed by atoms with Crippen LogP contribution in [0.3, 0.4) is 0 Å². The van der Waals surface area contributed by atoms with E-state index in [-0.39, 0.29) is 11.5 Å². The molecule has 142 valence electrons. The molecule has 0 aromatic heterocycles. The first-order chi connectivity index (χ1) is 12.8. The fraction of sp³-hybridized carbons (Fsp3) is 0.333. The number of nitrogens with one attached hydrogen (secondary N) is 1. The van der Waals surface area contributed by atoms with Gasteiger partial charge in [0.05, 0.1) is 11.1 Å². The largest absolute Gasteiger partial charge is 0.504 e. The van der Waals surface area contributed by atoms with Gasteiger partial charge in [-0.15, -0.1) is 0 Å². The highest BCUT2D eigenvalue weighted by Crippen LogP contribution is 2.28. The zero-order valence-electron chi connectivity index (χ0n) is 15.5. The number of amides is 1. The van der Waals surface area contributed by atoms with Crippen molar-refractivity contribution in [2.75, 3.05) is 18.0 Å². The maximum atomic E-state index is 13.9. The topological polar surface area (TPSA) is 69.6 Å². The number of aldehydes is 1. The Morgan fingerprint density at radius 2 is 1.81 bits per heavy atom. The number of nitrogens with zero attached hydrogens (tertiary/aromatic N) is 1. The van der Waals surface area contributed by atoms with Crippen LogP contribution in [0, 0.1) is 5.82 Å².